The van der Waals surface area contributed by atoms with Crippen LogP contribution < -0.4 is 10.1 Å². The number of halogens is 1. The second-order valence-corrected chi connectivity index (χ2v) is 5.44. The fraction of sp³-hybridized carbons (Fsp3) is 0.222. The molecule has 1 atom stereocenters. The minimum absolute atomic E-state index is 0.293. The number of nitrogens with one attached hydrogen (secondary N) is 1. The Kier molecular flexibility index (Phi) is 6.21. The highest BCUT2D eigenvalue weighted by atomic mass is 35.5. The van der Waals surface area contributed by atoms with Crippen LogP contribution in [0.1, 0.15) is 24.2 Å². The molecule has 2 rings (SSSR count). The Morgan fingerprint density at radius 3 is 2.54 bits per heavy atom. The predicted molar refractivity (Wildman–Crippen MR) is 92.6 cm³/mol. The summed E-state index contributed by atoms with van der Waals surface area (Å²) in [4.78, 5) is 23.9. The highest BCUT2D eigenvalue weighted by Gasteiger charge is 2.16. The summed E-state index contributed by atoms with van der Waals surface area (Å²) in [7, 11) is 0. The molecule has 0 radical (unpaired) electrons. The molecule has 1 amide bonds. The third-order valence-electron chi connectivity index (χ3n) is 3.14. The van der Waals surface area contributed by atoms with Crippen molar-refractivity contribution in [1.29, 1.82) is 0 Å². The van der Waals surface area contributed by atoms with Gasteiger partial charge in [-0.3, -0.25) is 4.79 Å². The summed E-state index contributed by atoms with van der Waals surface area (Å²) in [6.45, 7) is 3.67. The molecule has 5 nitrogen and oxygen atoms in total. The van der Waals surface area contributed by atoms with Crippen LogP contribution in [0.25, 0.3) is 0 Å². The first-order valence-electron chi connectivity index (χ1n) is 7.50. The van der Waals surface area contributed by atoms with Crippen molar-refractivity contribution < 1.29 is 19.1 Å². The molecule has 0 saturated carbocycles. The van der Waals surface area contributed by atoms with Gasteiger partial charge in [0, 0.05) is 10.7 Å². The summed E-state index contributed by atoms with van der Waals surface area (Å²) < 4.78 is 10.5. The molecule has 0 bridgehead atoms. The van der Waals surface area contributed by atoms with Crippen LogP contribution in [0.2, 0.25) is 5.02 Å². The number of carbonyl (C=O) groups excluding carboxylic acids is 2. The number of esters is 1. The highest BCUT2D eigenvalue weighted by molar-refractivity contribution is 6.30. The molecule has 6 heteroatoms. The molecule has 0 heterocycles. The van der Waals surface area contributed by atoms with Crippen LogP contribution in [0.5, 0.6) is 5.75 Å². The Labute approximate surface area is 145 Å². The largest absolute Gasteiger partial charge is 0.481 e. The fourth-order valence-electron chi connectivity index (χ4n) is 1.95. The number of rotatable bonds is 6. The molecule has 126 valence electrons. The van der Waals surface area contributed by atoms with Crippen LogP contribution in [-0.2, 0) is 9.53 Å². The lowest BCUT2D eigenvalue weighted by atomic mass is 10.2. The van der Waals surface area contributed by atoms with E-state index < -0.39 is 12.1 Å². The Balaban J connectivity index is 1.99. The van der Waals surface area contributed by atoms with Crippen LogP contribution in [0.15, 0.2) is 48.5 Å². The number of carbonyl (C=O) groups is 2. The molecule has 0 aliphatic rings. The molecule has 0 fully saturated rings. The van der Waals surface area contributed by atoms with E-state index in [1.165, 1.54) is 0 Å². The van der Waals surface area contributed by atoms with Gasteiger partial charge in [0.05, 0.1) is 12.2 Å². The van der Waals surface area contributed by atoms with E-state index in [2.05, 4.69) is 5.32 Å². The maximum absolute atomic E-state index is 12.2. The third-order valence-corrected chi connectivity index (χ3v) is 3.39. The Morgan fingerprint density at radius 1 is 1.17 bits per heavy atom. The standard InChI is InChI=1S/C18H18ClNO4/c1-3-23-18(22)13-5-4-6-15(11-13)20-17(21)12(2)24-16-9-7-14(19)8-10-16/h4-12H,3H2,1-2H3,(H,20,21). The topological polar surface area (TPSA) is 64.6 Å². The minimum Gasteiger partial charge on any atom is -0.481 e. The van der Waals surface area contributed by atoms with Crippen molar-refractivity contribution in [2.24, 2.45) is 0 Å². The van der Waals surface area contributed by atoms with E-state index in [0.29, 0.717) is 28.6 Å². The van der Waals surface area contributed by atoms with Gasteiger partial charge in [0.25, 0.3) is 5.91 Å². The molecule has 2 aromatic carbocycles. The van der Waals surface area contributed by atoms with Gasteiger partial charge in [-0.05, 0) is 56.3 Å². The molecule has 1 unspecified atom stereocenters. The zero-order valence-electron chi connectivity index (χ0n) is 13.4. The smallest absolute Gasteiger partial charge is 0.338 e. The van der Waals surface area contributed by atoms with Crippen molar-refractivity contribution >= 4 is 29.2 Å². The zero-order valence-corrected chi connectivity index (χ0v) is 14.2. The summed E-state index contributed by atoms with van der Waals surface area (Å²) in [5.74, 6) is -0.215. The molecule has 24 heavy (non-hydrogen) atoms. The summed E-state index contributed by atoms with van der Waals surface area (Å²) >= 11 is 5.81. The molecule has 0 spiro atoms. The van der Waals surface area contributed by atoms with Gasteiger partial charge in [0.1, 0.15) is 5.75 Å². The maximum atomic E-state index is 12.2. The van der Waals surface area contributed by atoms with Crippen molar-refractivity contribution in [3.05, 3.63) is 59.1 Å². The number of amides is 1. The first-order chi connectivity index (χ1) is 11.5. The second-order valence-electron chi connectivity index (χ2n) is 5.00. The van der Waals surface area contributed by atoms with Gasteiger partial charge in [0.15, 0.2) is 6.10 Å². The van der Waals surface area contributed by atoms with Crippen LogP contribution >= 0.6 is 11.6 Å². The quantitative estimate of drug-likeness (QED) is 0.804. The van der Waals surface area contributed by atoms with E-state index in [4.69, 9.17) is 21.1 Å². The van der Waals surface area contributed by atoms with E-state index >= 15 is 0 Å². The molecule has 0 aromatic heterocycles. The Hall–Kier alpha value is -2.53. The van der Waals surface area contributed by atoms with Crippen LogP contribution in [0.3, 0.4) is 0 Å². The average Bonchev–Trinajstić information content (AvgIpc) is 2.57. The molecular weight excluding hydrogens is 330 g/mol. The summed E-state index contributed by atoms with van der Waals surface area (Å²) in [6, 6.07) is 13.3. The first kappa shape index (κ1) is 17.8. The van der Waals surface area contributed by atoms with Gasteiger partial charge in [0.2, 0.25) is 0 Å². The van der Waals surface area contributed by atoms with Gasteiger partial charge in [-0.1, -0.05) is 17.7 Å². The van der Waals surface area contributed by atoms with Crippen LogP contribution in [0, 0.1) is 0 Å². The van der Waals surface area contributed by atoms with Crippen molar-refractivity contribution in [3.63, 3.8) is 0 Å². The number of hydrogen-bond donors (Lipinski definition) is 1. The fourth-order valence-corrected chi connectivity index (χ4v) is 2.08. The lowest BCUT2D eigenvalue weighted by Crippen LogP contribution is -2.30. The third kappa shape index (κ3) is 4.99. The SMILES string of the molecule is CCOC(=O)c1cccc(NC(=O)C(C)Oc2ccc(Cl)cc2)c1. The van der Waals surface area contributed by atoms with Gasteiger partial charge in [-0.15, -0.1) is 0 Å². The van der Waals surface area contributed by atoms with Crippen LogP contribution in [-0.4, -0.2) is 24.6 Å². The number of anilines is 1. The Bertz CT molecular complexity index is 715. The summed E-state index contributed by atoms with van der Waals surface area (Å²) in [6.07, 6.45) is -0.711. The monoisotopic (exact) mass is 347 g/mol. The maximum Gasteiger partial charge on any atom is 0.338 e. The average molecular weight is 348 g/mol. The molecule has 1 N–H and O–H groups in total. The van der Waals surface area contributed by atoms with Gasteiger partial charge in [-0.25, -0.2) is 4.79 Å². The Morgan fingerprint density at radius 2 is 1.88 bits per heavy atom. The van der Waals surface area contributed by atoms with E-state index in [9.17, 15) is 9.59 Å². The van der Waals surface area contributed by atoms with Crippen molar-refractivity contribution in [2.75, 3.05) is 11.9 Å². The first-order valence-corrected chi connectivity index (χ1v) is 7.87. The lowest BCUT2D eigenvalue weighted by Gasteiger charge is -2.15. The van der Waals surface area contributed by atoms with Gasteiger partial charge < -0.3 is 14.8 Å². The van der Waals surface area contributed by atoms with Gasteiger partial charge >= 0.3 is 5.97 Å². The zero-order chi connectivity index (χ0) is 17.5. The molecular formula is C18H18ClNO4. The van der Waals surface area contributed by atoms with Gasteiger partial charge in [-0.2, -0.15) is 0 Å². The molecule has 0 saturated heterocycles. The minimum atomic E-state index is -0.711. The lowest BCUT2D eigenvalue weighted by molar-refractivity contribution is -0.122. The summed E-state index contributed by atoms with van der Waals surface area (Å²) in [5, 5.41) is 3.31. The van der Waals surface area contributed by atoms with E-state index in [-0.39, 0.29) is 5.91 Å². The predicted octanol–water partition coefficient (Wildman–Crippen LogP) is 3.92. The highest BCUT2D eigenvalue weighted by Crippen LogP contribution is 2.18. The van der Waals surface area contributed by atoms with Crippen molar-refractivity contribution in [2.45, 2.75) is 20.0 Å². The summed E-state index contributed by atoms with van der Waals surface area (Å²) in [5.41, 5.74) is 0.873. The second kappa shape index (κ2) is 8.36. The van der Waals surface area contributed by atoms with Crippen molar-refractivity contribution in [1.82, 2.24) is 0 Å². The van der Waals surface area contributed by atoms with E-state index in [1.807, 2.05) is 0 Å². The normalized spacial score (nSPS) is 11.5. The number of hydrogen-bond acceptors (Lipinski definition) is 4. The van der Waals surface area contributed by atoms with Crippen molar-refractivity contribution in [3.8, 4) is 5.75 Å². The number of ether oxygens (including phenoxy) is 2. The van der Waals surface area contributed by atoms with E-state index in [0.717, 1.165) is 0 Å². The molecule has 0 aliphatic heterocycles. The van der Waals surface area contributed by atoms with E-state index in [1.54, 1.807) is 62.4 Å². The molecule has 2 aromatic rings. The van der Waals surface area contributed by atoms with Crippen LogP contribution in [0.4, 0.5) is 5.69 Å². The molecule has 0 aliphatic carbocycles. The number of benzene rings is 2.